The summed E-state index contributed by atoms with van der Waals surface area (Å²) in [4.78, 5) is 36.9. The number of carbonyl (C=O) groups excluding carboxylic acids is 2. The topological polar surface area (TPSA) is 96.7 Å². The van der Waals surface area contributed by atoms with E-state index in [2.05, 4.69) is 51.9 Å². The molecule has 10 nitrogen and oxygen atoms in total. The Labute approximate surface area is 350 Å². The van der Waals surface area contributed by atoms with Crippen LogP contribution in [0.15, 0.2) is 121 Å². The maximum Gasteiger partial charge on any atom is 0.260 e. The average molecular weight is 801 g/mol. The van der Waals surface area contributed by atoms with Gasteiger partial charge in [-0.2, -0.15) is 0 Å². The molecule has 0 unspecified atom stereocenters. The Morgan fingerprint density at radius 1 is 0.733 bits per heavy atom. The molecule has 0 bridgehead atoms. The van der Waals surface area contributed by atoms with Gasteiger partial charge in [0.05, 0.1) is 30.9 Å². The molecule has 4 aliphatic rings. The van der Waals surface area contributed by atoms with Crippen molar-refractivity contribution >= 4 is 17.5 Å². The van der Waals surface area contributed by atoms with Gasteiger partial charge >= 0.3 is 0 Å². The van der Waals surface area contributed by atoms with Crippen molar-refractivity contribution in [2.75, 3.05) is 44.5 Å². The Bertz CT molecular complexity index is 2540. The van der Waals surface area contributed by atoms with Crippen molar-refractivity contribution in [2.24, 2.45) is 0 Å². The highest BCUT2D eigenvalue weighted by Gasteiger charge is 2.36. The van der Waals surface area contributed by atoms with Gasteiger partial charge in [-0.3, -0.25) is 14.5 Å². The van der Waals surface area contributed by atoms with Crippen LogP contribution >= 0.6 is 0 Å². The number of phenolic OH excluding ortho intramolecular Hbond substituents is 1. The van der Waals surface area contributed by atoms with Crippen molar-refractivity contribution in [3.05, 3.63) is 155 Å². The van der Waals surface area contributed by atoms with Gasteiger partial charge in [-0.05, 0) is 96.0 Å². The number of morpholine rings is 1. The molecule has 1 saturated heterocycles. The van der Waals surface area contributed by atoms with Crippen molar-refractivity contribution < 1.29 is 28.9 Å². The Morgan fingerprint density at radius 3 is 2.28 bits per heavy atom. The van der Waals surface area contributed by atoms with Gasteiger partial charge in [0.25, 0.3) is 11.8 Å². The van der Waals surface area contributed by atoms with Gasteiger partial charge in [0, 0.05) is 61.4 Å². The largest absolute Gasteiger partial charge is 0.508 e. The summed E-state index contributed by atoms with van der Waals surface area (Å²) in [6.45, 7) is 5.40. The Morgan fingerprint density at radius 2 is 1.47 bits per heavy atom. The number of carbonyl (C=O) groups is 2. The third-order valence-corrected chi connectivity index (χ3v) is 12.5. The molecule has 1 N–H and O–H groups in total. The van der Waals surface area contributed by atoms with Gasteiger partial charge in [0.1, 0.15) is 5.75 Å². The third kappa shape index (κ3) is 7.31. The van der Waals surface area contributed by atoms with Gasteiger partial charge in [0.2, 0.25) is 6.79 Å². The molecule has 0 aliphatic carbocycles. The number of anilines is 1. The molecule has 60 heavy (non-hydrogen) atoms. The summed E-state index contributed by atoms with van der Waals surface area (Å²) in [5, 5.41) is 10.3. The summed E-state index contributed by atoms with van der Waals surface area (Å²) in [6, 6.07) is 39.4. The van der Waals surface area contributed by atoms with Crippen LogP contribution in [-0.4, -0.2) is 77.0 Å². The lowest BCUT2D eigenvalue weighted by Gasteiger charge is -2.40. The van der Waals surface area contributed by atoms with Gasteiger partial charge < -0.3 is 33.7 Å². The lowest BCUT2D eigenvalue weighted by atomic mass is 9.92. The molecule has 4 aliphatic heterocycles. The molecule has 0 spiro atoms. The zero-order chi connectivity index (χ0) is 40.6. The van der Waals surface area contributed by atoms with Crippen molar-refractivity contribution in [3.8, 4) is 39.6 Å². The summed E-state index contributed by atoms with van der Waals surface area (Å²) >= 11 is 0. The third-order valence-electron chi connectivity index (χ3n) is 12.5. The fraction of sp³-hybridized carbons (Fsp3) is 0.280. The molecule has 1 aromatic heterocycles. The molecular weight excluding hydrogens is 753 g/mol. The molecule has 304 valence electrons. The van der Waals surface area contributed by atoms with Crippen LogP contribution in [0.2, 0.25) is 0 Å². The average Bonchev–Trinajstić information content (AvgIpc) is 3.93. The quantitative estimate of drug-likeness (QED) is 0.157. The van der Waals surface area contributed by atoms with Crippen LogP contribution < -0.4 is 14.4 Å². The summed E-state index contributed by atoms with van der Waals surface area (Å²) in [6.07, 6.45) is 3.39. The number of aromatic hydroxyl groups is 1. The maximum atomic E-state index is 15.3. The van der Waals surface area contributed by atoms with E-state index < -0.39 is 0 Å². The van der Waals surface area contributed by atoms with E-state index in [0.717, 1.165) is 84.5 Å². The van der Waals surface area contributed by atoms with E-state index in [1.807, 2.05) is 64.4 Å². The second kappa shape index (κ2) is 16.4. The number of amides is 2. The van der Waals surface area contributed by atoms with Crippen molar-refractivity contribution in [1.82, 2.24) is 14.4 Å². The number of fused-ring (bicyclic) bond motifs is 3. The molecule has 6 aromatic rings. The van der Waals surface area contributed by atoms with E-state index >= 15 is 9.59 Å². The fourth-order valence-electron chi connectivity index (χ4n) is 9.43. The molecule has 1 fully saturated rings. The Hall–Kier alpha value is -6.36. The fourth-order valence-corrected chi connectivity index (χ4v) is 9.43. The highest BCUT2D eigenvalue weighted by molar-refractivity contribution is 6.09. The summed E-state index contributed by atoms with van der Waals surface area (Å²) in [5.74, 6) is 1.04. The number of nitrogens with zero attached hydrogens (tertiary/aromatic N) is 4. The molecule has 10 rings (SSSR count). The standard InChI is InChI=1S/C50H48N4O6/c55-40-19-17-38(18-20-40)53(31-37-14-6-7-15-41(37)34-10-2-1-3-11-34)50(57)44-27-46(52-21-9-8-16-45(44)52)42-28-47-48(60-33-59-47)29-43(42)49(56)54-30-36-13-5-4-12-35(36)26-39(54)32-51-22-24-58-25-23-51/h1-7,10-15,17-20,27-29,39,55H,8-9,16,21-26,30-33H2/t39-/m0/s1. The van der Waals surface area contributed by atoms with Crippen LogP contribution in [0.25, 0.3) is 22.4 Å². The first-order valence-corrected chi connectivity index (χ1v) is 21.1. The molecular formula is C50H48N4O6. The monoisotopic (exact) mass is 800 g/mol. The number of hydrogen-bond acceptors (Lipinski definition) is 7. The SMILES string of the molecule is O=C(c1cc(-c2cc3c(cc2C(=O)N2Cc4ccccc4C[C@H]2CN2CCOCC2)OCO3)n2c1CCCC2)N(Cc1ccccc1-c1ccccc1)c1ccc(O)cc1. The minimum absolute atomic E-state index is 0.0419. The first-order valence-electron chi connectivity index (χ1n) is 21.1. The van der Waals surface area contributed by atoms with Crippen LogP contribution in [0.1, 0.15) is 55.9 Å². The first kappa shape index (κ1) is 37.9. The highest BCUT2D eigenvalue weighted by Crippen LogP contribution is 2.43. The summed E-state index contributed by atoms with van der Waals surface area (Å²) < 4.78 is 19.8. The predicted molar refractivity (Wildman–Crippen MR) is 230 cm³/mol. The minimum Gasteiger partial charge on any atom is -0.508 e. The van der Waals surface area contributed by atoms with E-state index in [-0.39, 0.29) is 30.4 Å². The van der Waals surface area contributed by atoms with Crippen LogP contribution in [-0.2, 0) is 37.2 Å². The van der Waals surface area contributed by atoms with E-state index in [9.17, 15) is 5.11 Å². The van der Waals surface area contributed by atoms with Crippen molar-refractivity contribution in [1.29, 1.82) is 0 Å². The lowest BCUT2D eigenvalue weighted by molar-refractivity contribution is 0.0193. The second-order valence-electron chi connectivity index (χ2n) is 16.2. The highest BCUT2D eigenvalue weighted by atomic mass is 16.7. The lowest BCUT2D eigenvalue weighted by Crippen LogP contribution is -2.52. The molecule has 10 heteroatoms. The Balaban J connectivity index is 1.07. The molecule has 1 atom stereocenters. The molecule has 5 heterocycles. The molecule has 2 amide bonds. The normalized spacial score (nSPS) is 17.2. The van der Waals surface area contributed by atoms with Gasteiger partial charge in [0.15, 0.2) is 11.5 Å². The van der Waals surface area contributed by atoms with Crippen molar-refractivity contribution in [2.45, 2.75) is 51.4 Å². The number of benzene rings is 5. The smallest absolute Gasteiger partial charge is 0.260 e. The predicted octanol–water partition coefficient (Wildman–Crippen LogP) is 8.34. The van der Waals surface area contributed by atoms with Crippen LogP contribution in [0.4, 0.5) is 5.69 Å². The molecule has 5 aromatic carbocycles. The van der Waals surface area contributed by atoms with Crippen LogP contribution in [0.5, 0.6) is 17.2 Å². The summed E-state index contributed by atoms with van der Waals surface area (Å²) in [5.41, 5.74) is 9.84. The van der Waals surface area contributed by atoms with Crippen molar-refractivity contribution in [3.63, 3.8) is 0 Å². The van der Waals surface area contributed by atoms with Crippen LogP contribution in [0.3, 0.4) is 0 Å². The molecule has 0 saturated carbocycles. The van der Waals surface area contributed by atoms with Crippen LogP contribution in [0, 0.1) is 0 Å². The summed E-state index contributed by atoms with van der Waals surface area (Å²) in [7, 11) is 0. The number of hydrogen-bond donors (Lipinski definition) is 1. The van der Waals surface area contributed by atoms with Gasteiger partial charge in [-0.15, -0.1) is 0 Å². The van der Waals surface area contributed by atoms with E-state index in [1.54, 1.807) is 24.3 Å². The first-order chi connectivity index (χ1) is 29.5. The maximum absolute atomic E-state index is 15.3. The molecule has 0 radical (unpaired) electrons. The minimum atomic E-state index is -0.146. The van der Waals surface area contributed by atoms with Gasteiger partial charge in [-0.25, -0.2) is 0 Å². The Kier molecular flexibility index (Phi) is 10.3. The zero-order valence-corrected chi connectivity index (χ0v) is 33.6. The van der Waals surface area contributed by atoms with E-state index in [0.29, 0.717) is 61.2 Å². The van der Waals surface area contributed by atoms with Gasteiger partial charge in [-0.1, -0.05) is 78.9 Å². The number of rotatable bonds is 9. The van der Waals surface area contributed by atoms with E-state index in [4.69, 9.17) is 14.2 Å². The van der Waals surface area contributed by atoms with E-state index in [1.165, 1.54) is 5.56 Å². The zero-order valence-electron chi connectivity index (χ0n) is 33.6. The second-order valence-corrected chi connectivity index (χ2v) is 16.2. The number of aromatic nitrogens is 1. The number of phenols is 1. The number of ether oxygens (including phenoxy) is 3.